The fourth-order valence-corrected chi connectivity index (χ4v) is 2.72. The van der Waals surface area contributed by atoms with Crippen LogP contribution >= 0.6 is 0 Å². The van der Waals surface area contributed by atoms with Crippen molar-refractivity contribution >= 4 is 16.9 Å². The lowest BCUT2D eigenvalue weighted by atomic mass is 10.2. The SMILES string of the molecule is CCC(Nc1nc(-c2ccncc2)nc2c1cnn2C)c1nc(C)no1. The standard InChI is InChI=1S/C17H18N8O/c1-4-13(17-20-10(2)24-26-17)21-15-12-9-19-25(3)16(12)23-14(22-15)11-5-7-18-8-6-11/h5-9,13H,4H2,1-3H3,(H,21,22,23). The van der Waals surface area contributed by atoms with Gasteiger partial charge in [0.15, 0.2) is 17.3 Å². The number of aromatic nitrogens is 7. The molecule has 0 saturated heterocycles. The molecule has 0 fully saturated rings. The quantitative estimate of drug-likeness (QED) is 0.585. The predicted octanol–water partition coefficient (Wildman–Crippen LogP) is 2.68. The average Bonchev–Trinajstić information content (AvgIpc) is 3.26. The number of anilines is 1. The fraction of sp³-hybridized carbons (Fsp3) is 0.294. The molecule has 4 aromatic rings. The highest BCUT2D eigenvalue weighted by Gasteiger charge is 2.20. The lowest BCUT2D eigenvalue weighted by Gasteiger charge is -2.15. The summed E-state index contributed by atoms with van der Waals surface area (Å²) in [4.78, 5) is 17.7. The molecule has 1 N–H and O–H groups in total. The summed E-state index contributed by atoms with van der Waals surface area (Å²) < 4.78 is 7.05. The predicted molar refractivity (Wildman–Crippen MR) is 95.2 cm³/mol. The van der Waals surface area contributed by atoms with E-state index >= 15 is 0 Å². The van der Waals surface area contributed by atoms with Crippen molar-refractivity contribution in [3.05, 3.63) is 42.4 Å². The van der Waals surface area contributed by atoms with Crippen molar-refractivity contribution in [2.75, 3.05) is 5.32 Å². The molecule has 0 aliphatic rings. The van der Waals surface area contributed by atoms with Crippen molar-refractivity contribution in [1.29, 1.82) is 0 Å². The van der Waals surface area contributed by atoms with Gasteiger partial charge < -0.3 is 9.84 Å². The Kier molecular flexibility index (Phi) is 4.04. The molecule has 4 rings (SSSR count). The van der Waals surface area contributed by atoms with Crippen molar-refractivity contribution in [3.63, 3.8) is 0 Å². The molecule has 9 heteroatoms. The molecule has 0 bridgehead atoms. The molecule has 4 aromatic heterocycles. The summed E-state index contributed by atoms with van der Waals surface area (Å²) >= 11 is 0. The second-order valence-corrected chi connectivity index (χ2v) is 5.92. The molecule has 0 aliphatic carbocycles. The Balaban J connectivity index is 1.80. The van der Waals surface area contributed by atoms with Gasteiger partial charge in [-0.2, -0.15) is 10.1 Å². The highest BCUT2D eigenvalue weighted by Crippen LogP contribution is 2.28. The number of pyridine rings is 1. The minimum Gasteiger partial charge on any atom is -0.358 e. The first-order chi connectivity index (χ1) is 12.7. The molecule has 9 nitrogen and oxygen atoms in total. The van der Waals surface area contributed by atoms with Gasteiger partial charge in [0.2, 0.25) is 5.89 Å². The molecule has 0 aromatic carbocycles. The second-order valence-electron chi connectivity index (χ2n) is 5.92. The van der Waals surface area contributed by atoms with Gasteiger partial charge in [-0.05, 0) is 25.5 Å². The molecule has 0 amide bonds. The van der Waals surface area contributed by atoms with Crippen LogP contribution in [0.5, 0.6) is 0 Å². The first-order valence-corrected chi connectivity index (χ1v) is 8.32. The number of hydrogen-bond acceptors (Lipinski definition) is 8. The molecular formula is C17H18N8O. The van der Waals surface area contributed by atoms with E-state index in [9.17, 15) is 0 Å². The first-order valence-electron chi connectivity index (χ1n) is 8.32. The van der Waals surface area contributed by atoms with E-state index < -0.39 is 0 Å². The van der Waals surface area contributed by atoms with Gasteiger partial charge in [-0.25, -0.2) is 9.97 Å². The third-order valence-corrected chi connectivity index (χ3v) is 4.09. The highest BCUT2D eigenvalue weighted by atomic mass is 16.5. The minimum absolute atomic E-state index is 0.153. The molecule has 0 saturated carbocycles. The molecule has 26 heavy (non-hydrogen) atoms. The van der Waals surface area contributed by atoms with E-state index in [1.807, 2.05) is 26.1 Å². The van der Waals surface area contributed by atoms with Gasteiger partial charge in [-0.1, -0.05) is 12.1 Å². The Morgan fingerprint density at radius 2 is 2.00 bits per heavy atom. The molecule has 1 atom stereocenters. The smallest absolute Gasteiger partial charge is 0.249 e. The molecule has 0 aliphatic heterocycles. The minimum atomic E-state index is -0.153. The lowest BCUT2D eigenvalue weighted by molar-refractivity contribution is 0.356. The lowest BCUT2D eigenvalue weighted by Crippen LogP contribution is -2.12. The van der Waals surface area contributed by atoms with Crippen LogP contribution < -0.4 is 5.32 Å². The zero-order chi connectivity index (χ0) is 18.1. The van der Waals surface area contributed by atoms with Crippen LogP contribution in [0.25, 0.3) is 22.4 Å². The van der Waals surface area contributed by atoms with E-state index in [0.29, 0.717) is 23.4 Å². The maximum absolute atomic E-state index is 5.33. The van der Waals surface area contributed by atoms with Crippen molar-refractivity contribution in [1.82, 2.24) is 34.9 Å². The normalized spacial score (nSPS) is 12.4. The van der Waals surface area contributed by atoms with Crippen LogP contribution in [0, 0.1) is 6.92 Å². The summed E-state index contributed by atoms with van der Waals surface area (Å²) in [5.74, 6) is 2.42. The van der Waals surface area contributed by atoms with Gasteiger partial charge >= 0.3 is 0 Å². The molecule has 0 radical (unpaired) electrons. The van der Waals surface area contributed by atoms with Gasteiger partial charge in [0.05, 0.1) is 11.6 Å². The summed E-state index contributed by atoms with van der Waals surface area (Å²) in [6, 6.07) is 3.60. The van der Waals surface area contributed by atoms with E-state index in [0.717, 1.165) is 23.0 Å². The zero-order valence-corrected chi connectivity index (χ0v) is 14.7. The monoisotopic (exact) mass is 350 g/mol. The van der Waals surface area contributed by atoms with Crippen LogP contribution in [-0.2, 0) is 7.05 Å². The summed E-state index contributed by atoms with van der Waals surface area (Å²) in [6.07, 6.45) is 5.95. The van der Waals surface area contributed by atoms with Gasteiger partial charge in [-0.3, -0.25) is 9.67 Å². The number of fused-ring (bicyclic) bond motifs is 1. The number of aryl methyl sites for hydroxylation is 2. The van der Waals surface area contributed by atoms with E-state index in [1.165, 1.54) is 0 Å². The Morgan fingerprint density at radius 3 is 2.69 bits per heavy atom. The van der Waals surface area contributed by atoms with Gasteiger partial charge in [0.25, 0.3) is 0 Å². The van der Waals surface area contributed by atoms with E-state index in [4.69, 9.17) is 9.51 Å². The summed E-state index contributed by atoms with van der Waals surface area (Å²) in [7, 11) is 1.86. The van der Waals surface area contributed by atoms with Crippen LogP contribution in [0.2, 0.25) is 0 Å². The van der Waals surface area contributed by atoms with E-state index in [2.05, 4.69) is 30.5 Å². The highest BCUT2D eigenvalue weighted by molar-refractivity contribution is 5.88. The van der Waals surface area contributed by atoms with Crippen LogP contribution in [0.4, 0.5) is 5.82 Å². The summed E-state index contributed by atoms with van der Waals surface area (Å²) in [6.45, 7) is 3.84. The second kappa shape index (κ2) is 6.51. The Bertz CT molecular complexity index is 1040. The molecule has 132 valence electrons. The number of rotatable bonds is 5. The maximum Gasteiger partial charge on any atom is 0.249 e. The third kappa shape index (κ3) is 2.87. The Labute approximate surface area is 149 Å². The van der Waals surface area contributed by atoms with Crippen LogP contribution in [0.15, 0.2) is 35.2 Å². The number of hydrogen-bond donors (Lipinski definition) is 1. The van der Waals surface area contributed by atoms with Crippen LogP contribution in [0.3, 0.4) is 0 Å². The Hall–Kier alpha value is -3.36. The van der Waals surface area contributed by atoms with Crippen LogP contribution in [0.1, 0.15) is 31.1 Å². The zero-order valence-electron chi connectivity index (χ0n) is 14.7. The average molecular weight is 350 g/mol. The third-order valence-electron chi connectivity index (χ3n) is 4.09. The van der Waals surface area contributed by atoms with E-state index in [1.54, 1.807) is 30.2 Å². The van der Waals surface area contributed by atoms with Crippen molar-refractivity contribution < 1.29 is 4.52 Å². The fourth-order valence-electron chi connectivity index (χ4n) is 2.72. The Morgan fingerprint density at radius 1 is 1.19 bits per heavy atom. The maximum atomic E-state index is 5.33. The largest absolute Gasteiger partial charge is 0.358 e. The molecule has 0 spiro atoms. The van der Waals surface area contributed by atoms with E-state index in [-0.39, 0.29) is 6.04 Å². The molecule has 1 unspecified atom stereocenters. The van der Waals surface area contributed by atoms with Gasteiger partial charge in [0, 0.05) is 25.0 Å². The van der Waals surface area contributed by atoms with Crippen LogP contribution in [-0.4, -0.2) is 34.9 Å². The number of nitrogens with zero attached hydrogens (tertiary/aromatic N) is 7. The summed E-state index contributed by atoms with van der Waals surface area (Å²) in [5.41, 5.74) is 1.62. The van der Waals surface area contributed by atoms with Gasteiger partial charge in [-0.15, -0.1) is 0 Å². The molecular weight excluding hydrogens is 332 g/mol. The first kappa shape index (κ1) is 16.1. The van der Waals surface area contributed by atoms with Crippen molar-refractivity contribution in [2.45, 2.75) is 26.3 Å². The summed E-state index contributed by atoms with van der Waals surface area (Å²) in [5, 5.41) is 12.4. The topological polar surface area (TPSA) is 107 Å². The number of nitrogens with one attached hydrogen (secondary N) is 1. The molecule has 4 heterocycles. The van der Waals surface area contributed by atoms with Crippen molar-refractivity contribution in [2.24, 2.45) is 7.05 Å². The van der Waals surface area contributed by atoms with Crippen molar-refractivity contribution in [3.8, 4) is 11.4 Å². The van der Waals surface area contributed by atoms with Gasteiger partial charge in [0.1, 0.15) is 11.9 Å².